The molecule has 0 unspecified atom stereocenters. The van der Waals surface area contributed by atoms with Crippen molar-refractivity contribution < 1.29 is 24.2 Å². The van der Waals surface area contributed by atoms with Gasteiger partial charge in [0.05, 0.1) is 18.4 Å². The predicted octanol–water partition coefficient (Wildman–Crippen LogP) is 2.23. The SMILES string of the molecule is Cc1nc(N)c2nc(CNc3ccc(C(=O)N[C@@H](CCC(=O)OC(C)(C)C)C(=O)O)cc3)cnc2n1. The molecule has 0 aliphatic rings. The number of ether oxygens (including phenoxy) is 1. The number of hydrogen-bond donors (Lipinski definition) is 4. The van der Waals surface area contributed by atoms with Crippen molar-refractivity contribution in [3.63, 3.8) is 0 Å². The molecule has 0 aliphatic carbocycles. The molecule has 3 aromatic rings. The van der Waals surface area contributed by atoms with Gasteiger partial charge in [-0.15, -0.1) is 0 Å². The van der Waals surface area contributed by atoms with Crippen LogP contribution in [0.1, 0.15) is 55.5 Å². The Labute approximate surface area is 207 Å². The molecule has 0 spiro atoms. The number of aryl methyl sites for hydroxylation is 1. The fourth-order valence-electron chi connectivity index (χ4n) is 3.25. The quantitative estimate of drug-likeness (QED) is 0.319. The highest BCUT2D eigenvalue weighted by atomic mass is 16.6. The second-order valence-electron chi connectivity index (χ2n) is 9.11. The third-order valence-electron chi connectivity index (χ3n) is 4.88. The van der Waals surface area contributed by atoms with Gasteiger partial charge in [-0.05, 0) is 58.4 Å². The minimum Gasteiger partial charge on any atom is -0.480 e. The Balaban J connectivity index is 1.57. The number of carbonyl (C=O) groups is 3. The first kappa shape index (κ1) is 26.3. The number of carboxylic acid groups (broad SMARTS) is 1. The monoisotopic (exact) mass is 495 g/mol. The molecule has 0 aliphatic heterocycles. The van der Waals surface area contributed by atoms with Crippen molar-refractivity contribution in [3.8, 4) is 0 Å². The summed E-state index contributed by atoms with van der Waals surface area (Å²) in [6.45, 7) is 7.23. The Morgan fingerprint density at radius 1 is 1.11 bits per heavy atom. The first-order valence-corrected chi connectivity index (χ1v) is 11.3. The number of nitrogens with two attached hydrogens (primary N) is 1. The van der Waals surface area contributed by atoms with Gasteiger partial charge in [-0.25, -0.2) is 24.7 Å². The van der Waals surface area contributed by atoms with Gasteiger partial charge in [0.15, 0.2) is 17.0 Å². The summed E-state index contributed by atoms with van der Waals surface area (Å²) in [5.74, 6) is -1.55. The summed E-state index contributed by atoms with van der Waals surface area (Å²) in [5, 5.41) is 15.0. The molecule has 2 heterocycles. The molecule has 0 saturated heterocycles. The number of anilines is 2. The lowest BCUT2D eigenvalue weighted by molar-refractivity contribution is -0.155. The molecule has 5 N–H and O–H groups in total. The highest BCUT2D eigenvalue weighted by Crippen LogP contribution is 2.16. The van der Waals surface area contributed by atoms with Crippen LogP contribution in [0.15, 0.2) is 30.5 Å². The Bertz CT molecular complexity index is 1270. The molecule has 12 heteroatoms. The molecule has 1 atom stereocenters. The summed E-state index contributed by atoms with van der Waals surface area (Å²) >= 11 is 0. The number of hydrogen-bond acceptors (Lipinski definition) is 10. The summed E-state index contributed by atoms with van der Waals surface area (Å²) in [4.78, 5) is 53.0. The number of carboxylic acids is 1. The van der Waals surface area contributed by atoms with E-state index in [1.165, 1.54) is 0 Å². The summed E-state index contributed by atoms with van der Waals surface area (Å²) in [6, 6.07) is 5.26. The van der Waals surface area contributed by atoms with Crippen molar-refractivity contribution in [3.05, 3.63) is 47.5 Å². The molecule has 0 saturated carbocycles. The fraction of sp³-hybridized carbons (Fsp3) is 0.375. The van der Waals surface area contributed by atoms with Gasteiger partial charge in [0.25, 0.3) is 5.91 Å². The zero-order valence-electron chi connectivity index (χ0n) is 20.5. The van der Waals surface area contributed by atoms with Gasteiger partial charge in [-0.1, -0.05) is 0 Å². The van der Waals surface area contributed by atoms with Gasteiger partial charge in [-0.2, -0.15) is 0 Å². The number of fused-ring (bicyclic) bond motifs is 1. The first-order valence-electron chi connectivity index (χ1n) is 11.3. The maximum Gasteiger partial charge on any atom is 0.326 e. The van der Waals surface area contributed by atoms with Crippen LogP contribution in [0.2, 0.25) is 0 Å². The van der Waals surface area contributed by atoms with Gasteiger partial charge < -0.3 is 26.2 Å². The minimum atomic E-state index is -1.23. The number of nitrogen functional groups attached to an aromatic ring is 1. The topological polar surface area (TPSA) is 182 Å². The number of esters is 1. The zero-order chi connectivity index (χ0) is 26.5. The normalized spacial score (nSPS) is 12.1. The Morgan fingerprint density at radius 3 is 2.44 bits per heavy atom. The third kappa shape index (κ3) is 7.32. The van der Waals surface area contributed by atoms with Crippen LogP contribution < -0.4 is 16.4 Å². The standard InChI is InChI=1S/C24H29N7O5/c1-13-28-20(25)19-21(29-13)27-12-16(30-19)11-26-15-7-5-14(6-8-15)22(33)31-17(23(34)35)9-10-18(32)36-24(2,3)4/h5-8,12,17,26H,9-11H2,1-4H3,(H,31,33)(H,34,35)(H2,25,27,28,29)/t17-/m0/s1. The van der Waals surface area contributed by atoms with E-state index in [-0.39, 0.29) is 24.2 Å². The van der Waals surface area contributed by atoms with E-state index in [1.807, 2.05) is 0 Å². The van der Waals surface area contributed by atoms with E-state index >= 15 is 0 Å². The highest BCUT2D eigenvalue weighted by Gasteiger charge is 2.24. The van der Waals surface area contributed by atoms with Crippen molar-refractivity contribution >= 4 is 40.5 Å². The van der Waals surface area contributed by atoms with Crippen LogP contribution in [-0.4, -0.2) is 54.5 Å². The molecule has 3 rings (SSSR count). The number of aliphatic carboxylic acids is 1. The number of rotatable bonds is 9. The van der Waals surface area contributed by atoms with Crippen LogP contribution in [0.3, 0.4) is 0 Å². The van der Waals surface area contributed by atoms with Gasteiger partial charge in [-0.3, -0.25) is 9.59 Å². The summed E-state index contributed by atoms with van der Waals surface area (Å²) in [5.41, 5.74) is 7.70. The molecule has 12 nitrogen and oxygen atoms in total. The lowest BCUT2D eigenvalue weighted by atomic mass is 10.1. The molecule has 36 heavy (non-hydrogen) atoms. The molecule has 1 amide bonds. The second-order valence-corrected chi connectivity index (χ2v) is 9.11. The maximum absolute atomic E-state index is 12.6. The van der Waals surface area contributed by atoms with Crippen molar-refractivity contribution in [2.24, 2.45) is 0 Å². The van der Waals surface area contributed by atoms with E-state index in [0.717, 1.165) is 0 Å². The maximum atomic E-state index is 12.6. The fourth-order valence-corrected chi connectivity index (χ4v) is 3.25. The van der Waals surface area contributed by atoms with E-state index in [2.05, 4.69) is 30.6 Å². The number of nitrogens with zero attached hydrogens (tertiary/aromatic N) is 4. The second kappa shape index (κ2) is 10.9. The Kier molecular flexibility index (Phi) is 7.97. The average Bonchev–Trinajstić information content (AvgIpc) is 2.79. The number of nitrogens with one attached hydrogen (secondary N) is 2. The van der Waals surface area contributed by atoms with Gasteiger partial charge >= 0.3 is 11.9 Å². The van der Waals surface area contributed by atoms with Crippen LogP contribution in [0, 0.1) is 6.92 Å². The molecular weight excluding hydrogens is 466 g/mol. The minimum absolute atomic E-state index is 0.0858. The molecule has 0 fully saturated rings. The average molecular weight is 496 g/mol. The van der Waals surface area contributed by atoms with Crippen molar-refractivity contribution in [2.45, 2.75) is 58.7 Å². The lowest BCUT2D eigenvalue weighted by Gasteiger charge is -2.20. The van der Waals surface area contributed by atoms with E-state index in [4.69, 9.17) is 10.5 Å². The number of aromatic nitrogens is 4. The highest BCUT2D eigenvalue weighted by molar-refractivity contribution is 5.97. The summed E-state index contributed by atoms with van der Waals surface area (Å²) in [6.07, 6.45) is 1.37. The zero-order valence-corrected chi connectivity index (χ0v) is 20.5. The van der Waals surface area contributed by atoms with Crippen LogP contribution in [0.25, 0.3) is 11.2 Å². The number of amides is 1. The van der Waals surface area contributed by atoms with Crippen LogP contribution >= 0.6 is 0 Å². The van der Waals surface area contributed by atoms with Crippen molar-refractivity contribution in [1.29, 1.82) is 0 Å². The summed E-state index contributed by atoms with van der Waals surface area (Å²) in [7, 11) is 0. The first-order chi connectivity index (χ1) is 16.9. The molecule has 2 aromatic heterocycles. The molecule has 190 valence electrons. The predicted molar refractivity (Wildman–Crippen MR) is 132 cm³/mol. The van der Waals surface area contributed by atoms with Crippen LogP contribution in [0.4, 0.5) is 11.5 Å². The number of benzene rings is 1. The van der Waals surface area contributed by atoms with Crippen LogP contribution in [-0.2, 0) is 20.9 Å². The molecule has 1 aromatic carbocycles. The van der Waals surface area contributed by atoms with Crippen molar-refractivity contribution in [2.75, 3.05) is 11.1 Å². The van der Waals surface area contributed by atoms with E-state index in [1.54, 1.807) is 58.2 Å². The van der Waals surface area contributed by atoms with Gasteiger partial charge in [0, 0.05) is 17.7 Å². The lowest BCUT2D eigenvalue weighted by Crippen LogP contribution is -2.41. The van der Waals surface area contributed by atoms with Gasteiger partial charge in [0.2, 0.25) is 0 Å². The largest absolute Gasteiger partial charge is 0.480 e. The van der Waals surface area contributed by atoms with E-state index < -0.39 is 29.5 Å². The van der Waals surface area contributed by atoms with E-state index in [0.29, 0.717) is 34.9 Å². The molecule has 0 bridgehead atoms. The Hall–Kier alpha value is -4.35. The number of carbonyl (C=O) groups excluding carboxylic acids is 2. The molecular formula is C24H29N7O5. The smallest absolute Gasteiger partial charge is 0.326 e. The summed E-state index contributed by atoms with van der Waals surface area (Å²) < 4.78 is 5.18. The van der Waals surface area contributed by atoms with Crippen molar-refractivity contribution in [1.82, 2.24) is 25.3 Å². The third-order valence-corrected chi connectivity index (χ3v) is 4.88. The Morgan fingerprint density at radius 2 is 1.81 bits per heavy atom. The van der Waals surface area contributed by atoms with Gasteiger partial charge in [0.1, 0.15) is 17.5 Å². The molecule has 0 radical (unpaired) electrons. The van der Waals surface area contributed by atoms with E-state index in [9.17, 15) is 19.5 Å². The van der Waals surface area contributed by atoms with Crippen LogP contribution in [0.5, 0.6) is 0 Å².